The van der Waals surface area contributed by atoms with Gasteiger partial charge in [0.2, 0.25) is 5.91 Å². The standard InChI is InChI=1S/C18H26N2O/c19-13-18(9-2-1-3-10-18)12-17(21)20-16-8-7-14-5-4-6-15(14)11-16/h7-8,11H,1-6,9-10,12-13,19H2,(H,20,21). The highest BCUT2D eigenvalue weighted by Crippen LogP contribution is 2.38. The predicted octanol–water partition coefficient (Wildman–Crippen LogP) is 3.41. The number of rotatable bonds is 4. The third-order valence-electron chi connectivity index (χ3n) is 5.27. The van der Waals surface area contributed by atoms with Crippen molar-refractivity contribution in [2.45, 2.75) is 57.8 Å². The topological polar surface area (TPSA) is 55.1 Å². The van der Waals surface area contributed by atoms with Gasteiger partial charge in [0.1, 0.15) is 0 Å². The molecule has 0 bridgehead atoms. The Labute approximate surface area is 127 Å². The molecule has 1 saturated carbocycles. The van der Waals surface area contributed by atoms with Crippen LogP contribution in [-0.2, 0) is 17.6 Å². The van der Waals surface area contributed by atoms with Crippen LogP contribution in [0.15, 0.2) is 18.2 Å². The summed E-state index contributed by atoms with van der Waals surface area (Å²) >= 11 is 0. The smallest absolute Gasteiger partial charge is 0.224 e. The third-order valence-corrected chi connectivity index (χ3v) is 5.27. The monoisotopic (exact) mass is 286 g/mol. The molecule has 1 amide bonds. The number of nitrogens with one attached hydrogen (secondary N) is 1. The van der Waals surface area contributed by atoms with Crippen molar-refractivity contribution in [2.24, 2.45) is 11.1 Å². The molecule has 1 aromatic rings. The highest BCUT2D eigenvalue weighted by molar-refractivity contribution is 5.91. The lowest BCUT2D eigenvalue weighted by atomic mass is 9.71. The predicted molar refractivity (Wildman–Crippen MR) is 86.3 cm³/mol. The van der Waals surface area contributed by atoms with Gasteiger partial charge in [-0.2, -0.15) is 0 Å². The summed E-state index contributed by atoms with van der Waals surface area (Å²) in [5.74, 6) is 0.125. The summed E-state index contributed by atoms with van der Waals surface area (Å²) < 4.78 is 0. The summed E-state index contributed by atoms with van der Waals surface area (Å²) in [5.41, 5.74) is 9.81. The van der Waals surface area contributed by atoms with Crippen molar-refractivity contribution in [3.8, 4) is 0 Å². The molecule has 3 N–H and O–H groups in total. The van der Waals surface area contributed by atoms with E-state index in [1.807, 2.05) is 6.07 Å². The Kier molecular flexibility index (Phi) is 4.29. The van der Waals surface area contributed by atoms with E-state index in [9.17, 15) is 4.79 Å². The average Bonchev–Trinajstić information content (AvgIpc) is 2.95. The van der Waals surface area contributed by atoms with E-state index >= 15 is 0 Å². The van der Waals surface area contributed by atoms with Crippen molar-refractivity contribution in [2.75, 3.05) is 11.9 Å². The maximum atomic E-state index is 12.4. The van der Waals surface area contributed by atoms with Crippen LogP contribution in [-0.4, -0.2) is 12.5 Å². The molecular formula is C18H26N2O. The summed E-state index contributed by atoms with van der Waals surface area (Å²) in [6.07, 6.45) is 10.0. The number of hydrogen-bond donors (Lipinski definition) is 2. The normalized spacial score (nSPS) is 20.0. The Balaban J connectivity index is 1.63. The lowest BCUT2D eigenvalue weighted by Gasteiger charge is -2.35. The molecule has 0 aliphatic heterocycles. The van der Waals surface area contributed by atoms with Gasteiger partial charge >= 0.3 is 0 Å². The molecular weight excluding hydrogens is 260 g/mol. The molecule has 0 radical (unpaired) electrons. The van der Waals surface area contributed by atoms with Gasteiger partial charge in [-0.3, -0.25) is 4.79 Å². The Morgan fingerprint density at radius 1 is 1.10 bits per heavy atom. The molecule has 2 aliphatic rings. The van der Waals surface area contributed by atoms with Crippen molar-refractivity contribution in [3.63, 3.8) is 0 Å². The largest absolute Gasteiger partial charge is 0.330 e. The summed E-state index contributed by atoms with van der Waals surface area (Å²) in [4.78, 5) is 12.4. The van der Waals surface area contributed by atoms with Crippen LogP contribution in [0.1, 0.15) is 56.1 Å². The number of carbonyl (C=O) groups is 1. The molecule has 3 heteroatoms. The van der Waals surface area contributed by atoms with Crippen LogP contribution in [0.2, 0.25) is 0 Å². The summed E-state index contributed by atoms with van der Waals surface area (Å²) in [5, 5.41) is 3.08. The molecule has 0 atom stereocenters. The molecule has 2 aliphatic carbocycles. The molecule has 114 valence electrons. The second-order valence-corrected chi connectivity index (χ2v) is 6.83. The van der Waals surface area contributed by atoms with Crippen molar-refractivity contribution in [1.29, 1.82) is 0 Å². The molecule has 3 nitrogen and oxygen atoms in total. The van der Waals surface area contributed by atoms with Gasteiger partial charge in [0.05, 0.1) is 0 Å². The van der Waals surface area contributed by atoms with Gasteiger partial charge in [0.15, 0.2) is 0 Å². The van der Waals surface area contributed by atoms with E-state index < -0.39 is 0 Å². The van der Waals surface area contributed by atoms with Gasteiger partial charge in [0.25, 0.3) is 0 Å². The first kappa shape index (κ1) is 14.6. The van der Waals surface area contributed by atoms with Gasteiger partial charge in [-0.25, -0.2) is 0 Å². The zero-order valence-electron chi connectivity index (χ0n) is 12.8. The Hall–Kier alpha value is -1.35. The van der Waals surface area contributed by atoms with E-state index in [0.29, 0.717) is 13.0 Å². The van der Waals surface area contributed by atoms with Crippen LogP contribution >= 0.6 is 0 Å². The van der Waals surface area contributed by atoms with Crippen LogP contribution in [0.3, 0.4) is 0 Å². The van der Waals surface area contributed by atoms with Crippen LogP contribution in [0.5, 0.6) is 0 Å². The Bertz CT molecular complexity index is 518. The molecule has 0 saturated heterocycles. The number of nitrogens with two attached hydrogens (primary N) is 1. The number of hydrogen-bond acceptors (Lipinski definition) is 2. The highest BCUT2D eigenvalue weighted by Gasteiger charge is 2.32. The zero-order valence-corrected chi connectivity index (χ0v) is 12.8. The molecule has 1 fully saturated rings. The highest BCUT2D eigenvalue weighted by atomic mass is 16.1. The van der Waals surface area contributed by atoms with E-state index in [4.69, 9.17) is 5.73 Å². The number of benzene rings is 1. The minimum absolute atomic E-state index is 0.0407. The fourth-order valence-corrected chi connectivity index (χ4v) is 3.95. The summed E-state index contributed by atoms with van der Waals surface area (Å²) in [7, 11) is 0. The Morgan fingerprint density at radius 2 is 1.86 bits per heavy atom. The number of aryl methyl sites for hydroxylation is 2. The van der Waals surface area contributed by atoms with Crippen molar-refractivity contribution >= 4 is 11.6 Å². The maximum Gasteiger partial charge on any atom is 0.224 e. The maximum absolute atomic E-state index is 12.4. The average molecular weight is 286 g/mol. The van der Waals surface area contributed by atoms with E-state index in [-0.39, 0.29) is 11.3 Å². The molecule has 0 unspecified atom stereocenters. The van der Waals surface area contributed by atoms with Gasteiger partial charge in [0, 0.05) is 12.1 Å². The molecule has 0 heterocycles. The van der Waals surface area contributed by atoms with Crippen molar-refractivity contribution in [1.82, 2.24) is 0 Å². The fourth-order valence-electron chi connectivity index (χ4n) is 3.95. The SMILES string of the molecule is NCC1(CC(=O)Nc2ccc3c(c2)CCC3)CCCCC1. The zero-order chi connectivity index (χ0) is 14.7. The van der Waals surface area contributed by atoms with Gasteiger partial charge < -0.3 is 11.1 Å². The molecule has 0 spiro atoms. The van der Waals surface area contributed by atoms with Crippen LogP contribution in [0.4, 0.5) is 5.69 Å². The van der Waals surface area contributed by atoms with Crippen molar-refractivity contribution < 1.29 is 4.79 Å². The van der Waals surface area contributed by atoms with E-state index in [1.165, 1.54) is 43.2 Å². The number of anilines is 1. The number of fused-ring (bicyclic) bond motifs is 1. The van der Waals surface area contributed by atoms with Crippen molar-refractivity contribution in [3.05, 3.63) is 29.3 Å². The molecule has 21 heavy (non-hydrogen) atoms. The van der Waals surface area contributed by atoms with Gasteiger partial charge in [-0.1, -0.05) is 25.3 Å². The van der Waals surface area contributed by atoms with Gasteiger partial charge in [-0.05, 0) is 67.3 Å². The lowest BCUT2D eigenvalue weighted by Crippen LogP contribution is -2.36. The van der Waals surface area contributed by atoms with E-state index in [1.54, 1.807) is 0 Å². The minimum Gasteiger partial charge on any atom is -0.330 e. The number of carbonyl (C=O) groups excluding carboxylic acids is 1. The lowest BCUT2D eigenvalue weighted by molar-refractivity contribution is -0.118. The first-order valence-corrected chi connectivity index (χ1v) is 8.33. The first-order chi connectivity index (χ1) is 10.2. The first-order valence-electron chi connectivity index (χ1n) is 8.33. The quantitative estimate of drug-likeness (QED) is 0.891. The van der Waals surface area contributed by atoms with Crippen LogP contribution in [0.25, 0.3) is 0 Å². The minimum atomic E-state index is 0.0407. The second-order valence-electron chi connectivity index (χ2n) is 6.83. The second kappa shape index (κ2) is 6.18. The molecule has 1 aromatic carbocycles. The molecule has 0 aromatic heterocycles. The van der Waals surface area contributed by atoms with E-state index in [0.717, 1.165) is 24.9 Å². The fraction of sp³-hybridized carbons (Fsp3) is 0.611. The summed E-state index contributed by atoms with van der Waals surface area (Å²) in [6, 6.07) is 6.35. The van der Waals surface area contributed by atoms with Crippen LogP contribution in [0, 0.1) is 5.41 Å². The Morgan fingerprint density at radius 3 is 2.62 bits per heavy atom. The summed E-state index contributed by atoms with van der Waals surface area (Å²) in [6.45, 7) is 0.630. The third kappa shape index (κ3) is 3.29. The van der Waals surface area contributed by atoms with Gasteiger partial charge in [-0.15, -0.1) is 0 Å². The molecule has 3 rings (SSSR count). The van der Waals surface area contributed by atoms with Crippen LogP contribution < -0.4 is 11.1 Å². The van der Waals surface area contributed by atoms with E-state index in [2.05, 4.69) is 17.4 Å². The number of amides is 1.